The number of hydrogen-bond acceptors (Lipinski definition) is 4. The average molecular weight is 233 g/mol. The Morgan fingerprint density at radius 1 is 1.53 bits per heavy atom. The molecule has 0 saturated heterocycles. The predicted octanol–water partition coefficient (Wildman–Crippen LogP) is 2.00. The molecule has 1 aromatic rings. The van der Waals surface area contributed by atoms with Gasteiger partial charge >= 0.3 is 5.97 Å². The second-order valence-corrected chi connectivity index (χ2v) is 3.79. The first-order valence-electron chi connectivity index (χ1n) is 5.60. The Morgan fingerprint density at radius 2 is 2.35 bits per heavy atom. The number of hydrogen-bond donors (Lipinski definition) is 1. The molecule has 4 nitrogen and oxygen atoms in total. The molecule has 1 aliphatic heterocycles. The molecule has 0 amide bonds. The molecular weight excluding hydrogens is 218 g/mol. The zero-order valence-corrected chi connectivity index (χ0v) is 9.73. The minimum Gasteiger partial charge on any atom is -0.493 e. The first kappa shape index (κ1) is 11.5. The van der Waals surface area contributed by atoms with E-state index in [1.165, 1.54) is 0 Å². The van der Waals surface area contributed by atoms with Crippen molar-refractivity contribution in [2.24, 2.45) is 0 Å². The molecular formula is C13H15NO3. The van der Waals surface area contributed by atoms with Crippen molar-refractivity contribution in [3.63, 3.8) is 0 Å². The second-order valence-electron chi connectivity index (χ2n) is 3.79. The number of carbonyl (C=O) groups is 1. The number of benzene rings is 1. The summed E-state index contributed by atoms with van der Waals surface area (Å²) in [6, 6.07) is 5.39. The zero-order chi connectivity index (χ0) is 12.3. The topological polar surface area (TPSA) is 61.5 Å². The Morgan fingerprint density at radius 3 is 3.12 bits per heavy atom. The van der Waals surface area contributed by atoms with Gasteiger partial charge in [-0.25, -0.2) is 4.79 Å². The molecule has 4 heteroatoms. The molecule has 0 spiro atoms. The standard InChI is InChI=1S/C13H15NO3/c1-2-16-13(15)9-5-6-17-12-4-3-11(14)8-10(12)7-9/h3-4,7-8H,2,5-6,14H2,1H3. The van der Waals surface area contributed by atoms with Crippen LogP contribution in [0.3, 0.4) is 0 Å². The van der Waals surface area contributed by atoms with Gasteiger partial charge in [-0.2, -0.15) is 0 Å². The van der Waals surface area contributed by atoms with Gasteiger partial charge in [-0.3, -0.25) is 0 Å². The van der Waals surface area contributed by atoms with Crippen LogP contribution in [-0.2, 0) is 9.53 Å². The average Bonchev–Trinajstić information content (AvgIpc) is 2.50. The molecule has 0 bridgehead atoms. The van der Waals surface area contributed by atoms with E-state index < -0.39 is 0 Å². The molecule has 1 aliphatic rings. The SMILES string of the molecule is CCOC(=O)C1=Cc2cc(N)ccc2OCC1. The van der Waals surface area contributed by atoms with Gasteiger partial charge in [0.2, 0.25) is 0 Å². The van der Waals surface area contributed by atoms with Crippen molar-refractivity contribution < 1.29 is 14.3 Å². The van der Waals surface area contributed by atoms with Crippen LogP contribution in [0, 0.1) is 0 Å². The summed E-state index contributed by atoms with van der Waals surface area (Å²) in [5.74, 6) is 0.463. The first-order valence-corrected chi connectivity index (χ1v) is 5.60. The van der Waals surface area contributed by atoms with Crippen LogP contribution in [0.4, 0.5) is 5.69 Å². The van der Waals surface area contributed by atoms with E-state index in [-0.39, 0.29) is 5.97 Å². The van der Waals surface area contributed by atoms with Crippen LogP contribution in [-0.4, -0.2) is 19.2 Å². The van der Waals surface area contributed by atoms with E-state index in [4.69, 9.17) is 15.2 Å². The highest BCUT2D eigenvalue weighted by atomic mass is 16.5. The number of carbonyl (C=O) groups excluding carboxylic acids is 1. The number of nitrogen functional groups attached to an aromatic ring is 1. The van der Waals surface area contributed by atoms with Gasteiger partial charge in [0.25, 0.3) is 0 Å². The molecule has 0 unspecified atom stereocenters. The number of ether oxygens (including phenoxy) is 2. The van der Waals surface area contributed by atoms with Gasteiger partial charge in [0.05, 0.1) is 13.2 Å². The molecule has 2 N–H and O–H groups in total. The van der Waals surface area contributed by atoms with Crippen LogP contribution < -0.4 is 10.5 Å². The van der Waals surface area contributed by atoms with Gasteiger partial charge in [0, 0.05) is 23.2 Å². The van der Waals surface area contributed by atoms with Gasteiger partial charge in [0.1, 0.15) is 5.75 Å². The lowest BCUT2D eigenvalue weighted by Gasteiger charge is -2.05. The Kier molecular flexibility index (Phi) is 3.32. The van der Waals surface area contributed by atoms with Gasteiger partial charge in [-0.1, -0.05) is 0 Å². The van der Waals surface area contributed by atoms with E-state index in [2.05, 4.69) is 0 Å². The lowest BCUT2D eigenvalue weighted by atomic mass is 10.1. The van der Waals surface area contributed by atoms with Crippen LogP contribution >= 0.6 is 0 Å². The van der Waals surface area contributed by atoms with Crippen molar-refractivity contribution in [1.82, 2.24) is 0 Å². The summed E-state index contributed by atoms with van der Waals surface area (Å²) in [4.78, 5) is 11.7. The maximum Gasteiger partial charge on any atom is 0.334 e. The molecule has 0 aromatic heterocycles. The maximum atomic E-state index is 11.7. The molecule has 90 valence electrons. The third kappa shape index (κ3) is 2.58. The van der Waals surface area contributed by atoms with Crippen LogP contribution in [0.15, 0.2) is 23.8 Å². The summed E-state index contributed by atoms with van der Waals surface area (Å²) in [6.45, 7) is 2.64. The van der Waals surface area contributed by atoms with Crippen molar-refractivity contribution in [3.8, 4) is 5.75 Å². The van der Waals surface area contributed by atoms with Crippen LogP contribution in [0.1, 0.15) is 18.9 Å². The summed E-state index contributed by atoms with van der Waals surface area (Å²) in [7, 11) is 0. The highest BCUT2D eigenvalue weighted by Crippen LogP contribution is 2.28. The minimum atomic E-state index is -0.286. The van der Waals surface area contributed by atoms with Crippen molar-refractivity contribution in [3.05, 3.63) is 29.3 Å². The monoisotopic (exact) mass is 233 g/mol. The molecule has 2 rings (SSSR count). The van der Waals surface area contributed by atoms with E-state index in [1.807, 2.05) is 6.07 Å². The van der Waals surface area contributed by atoms with E-state index in [0.717, 1.165) is 11.3 Å². The Hall–Kier alpha value is -1.97. The highest BCUT2D eigenvalue weighted by Gasteiger charge is 2.16. The van der Waals surface area contributed by atoms with Gasteiger partial charge in [-0.05, 0) is 31.2 Å². The molecule has 17 heavy (non-hydrogen) atoms. The number of rotatable bonds is 2. The predicted molar refractivity (Wildman–Crippen MR) is 65.6 cm³/mol. The quantitative estimate of drug-likeness (QED) is 0.627. The number of anilines is 1. The van der Waals surface area contributed by atoms with Gasteiger partial charge in [-0.15, -0.1) is 0 Å². The van der Waals surface area contributed by atoms with Crippen molar-refractivity contribution in [1.29, 1.82) is 0 Å². The normalized spacial score (nSPS) is 14.1. The summed E-state index contributed by atoms with van der Waals surface area (Å²) < 4.78 is 10.5. The third-order valence-electron chi connectivity index (χ3n) is 2.53. The zero-order valence-electron chi connectivity index (χ0n) is 9.73. The molecule has 1 heterocycles. The minimum absolute atomic E-state index is 0.286. The van der Waals surface area contributed by atoms with E-state index in [0.29, 0.717) is 30.9 Å². The Labute approximate surface area is 100 Å². The van der Waals surface area contributed by atoms with Gasteiger partial charge < -0.3 is 15.2 Å². The molecule has 1 aromatic carbocycles. The first-order chi connectivity index (χ1) is 8.20. The lowest BCUT2D eigenvalue weighted by Crippen LogP contribution is -2.09. The van der Waals surface area contributed by atoms with Crippen molar-refractivity contribution in [2.45, 2.75) is 13.3 Å². The molecule has 0 aliphatic carbocycles. The van der Waals surface area contributed by atoms with Crippen LogP contribution in [0.5, 0.6) is 5.75 Å². The summed E-state index contributed by atoms with van der Waals surface area (Å²) in [5.41, 5.74) is 7.81. The summed E-state index contributed by atoms with van der Waals surface area (Å²) in [6.07, 6.45) is 2.34. The number of nitrogens with two attached hydrogens (primary N) is 1. The second kappa shape index (κ2) is 4.91. The van der Waals surface area contributed by atoms with E-state index in [9.17, 15) is 4.79 Å². The van der Waals surface area contributed by atoms with Crippen LogP contribution in [0.25, 0.3) is 6.08 Å². The highest BCUT2D eigenvalue weighted by molar-refractivity contribution is 5.94. The van der Waals surface area contributed by atoms with Crippen LogP contribution in [0.2, 0.25) is 0 Å². The smallest absolute Gasteiger partial charge is 0.334 e. The Bertz CT molecular complexity index is 466. The molecule has 0 saturated carbocycles. The number of fused-ring (bicyclic) bond motifs is 1. The van der Waals surface area contributed by atoms with Gasteiger partial charge in [0.15, 0.2) is 0 Å². The molecule has 0 fully saturated rings. The third-order valence-corrected chi connectivity index (χ3v) is 2.53. The fourth-order valence-corrected chi connectivity index (χ4v) is 1.73. The fourth-order valence-electron chi connectivity index (χ4n) is 1.73. The largest absolute Gasteiger partial charge is 0.493 e. The number of esters is 1. The lowest BCUT2D eigenvalue weighted by molar-refractivity contribution is -0.138. The molecule has 0 radical (unpaired) electrons. The summed E-state index contributed by atoms with van der Waals surface area (Å²) >= 11 is 0. The maximum absolute atomic E-state index is 11.7. The summed E-state index contributed by atoms with van der Waals surface area (Å²) in [5, 5.41) is 0. The molecule has 0 atom stereocenters. The Balaban J connectivity index is 2.34. The van der Waals surface area contributed by atoms with E-state index >= 15 is 0 Å². The van der Waals surface area contributed by atoms with Crippen molar-refractivity contribution >= 4 is 17.7 Å². The van der Waals surface area contributed by atoms with E-state index in [1.54, 1.807) is 25.1 Å². The fraction of sp³-hybridized carbons (Fsp3) is 0.308. The van der Waals surface area contributed by atoms with Crippen molar-refractivity contribution in [2.75, 3.05) is 18.9 Å².